The Hall–Kier alpha value is -2.33. The van der Waals surface area contributed by atoms with Crippen LogP contribution in [0.25, 0.3) is 0 Å². The predicted octanol–water partition coefficient (Wildman–Crippen LogP) is 2.18. The molecule has 4 nitrogen and oxygen atoms in total. The van der Waals surface area contributed by atoms with Crippen molar-refractivity contribution in [3.8, 4) is 5.75 Å². The number of nitrogen functional groups attached to an aromatic ring is 1. The minimum Gasteiger partial charge on any atom is -0.489 e. The lowest BCUT2D eigenvalue weighted by molar-refractivity contribution is 0.0953. The third-order valence-electron chi connectivity index (χ3n) is 2.77. The summed E-state index contributed by atoms with van der Waals surface area (Å²) < 4.78 is 5.65. The van der Waals surface area contributed by atoms with Gasteiger partial charge < -0.3 is 4.74 Å². The summed E-state index contributed by atoms with van der Waals surface area (Å²) in [5.74, 6) is 5.59. The van der Waals surface area contributed by atoms with Gasteiger partial charge in [0, 0.05) is 5.56 Å². The summed E-state index contributed by atoms with van der Waals surface area (Å²) in [4.78, 5) is 11.3. The average molecular weight is 256 g/mol. The highest BCUT2D eigenvalue weighted by Gasteiger charge is 2.03. The summed E-state index contributed by atoms with van der Waals surface area (Å²) in [6.45, 7) is 2.50. The molecule has 0 fully saturated rings. The Morgan fingerprint density at radius 3 is 2.32 bits per heavy atom. The summed E-state index contributed by atoms with van der Waals surface area (Å²) in [6, 6.07) is 15.0. The number of aryl methyl sites for hydroxylation is 1. The van der Waals surface area contributed by atoms with Gasteiger partial charge in [0.25, 0.3) is 5.91 Å². The molecule has 0 radical (unpaired) electrons. The van der Waals surface area contributed by atoms with Crippen LogP contribution in [0.2, 0.25) is 0 Å². The molecule has 0 atom stereocenters. The van der Waals surface area contributed by atoms with Crippen LogP contribution >= 0.6 is 0 Å². The SMILES string of the molecule is Cc1ccc(OCc2ccc(C(=O)NN)cc2)cc1. The monoisotopic (exact) mass is 256 g/mol. The van der Waals surface area contributed by atoms with Crippen molar-refractivity contribution >= 4 is 5.91 Å². The Balaban J connectivity index is 1.96. The number of amides is 1. The molecule has 0 saturated heterocycles. The van der Waals surface area contributed by atoms with Crippen LogP contribution < -0.4 is 16.0 Å². The van der Waals surface area contributed by atoms with Crippen molar-refractivity contribution in [1.82, 2.24) is 5.43 Å². The maximum Gasteiger partial charge on any atom is 0.265 e. The van der Waals surface area contributed by atoms with E-state index in [2.05, 4.69) is 5.43 Å². The molecule has 4 heteroatoms. The number of nitrogens with two attached hydrogens (primary N) is 1. The van der Waals surface area contributed by atoms with Gasteiger partial charge >= 0.3 is 0 Å². The number of hydrogen-bond donors (Lipinski definition) is 2. The summed E-state index contributed by atoms with van der Waals surface area (Å²) in [6.07, 6.45) is 0. The Morgan fingerprint density at radius 1 is 1.11 bits per heavy atom. The van der Waals surface area contributed by atoms with E-state index in [9.17, 15) is 4.79 Å². The molecule has 3 N–H and O–H groups in total. The van der Waals surface area contributed by atoms with Crippen LogP contribution in [0.1, 0.15) is 21.5 Å². The second-order valence-electron chi connectivity index (χ2n) is 4.27. The van der Waals surface area contributed by atoms with Crippen molar-refractivity contribution in [2.75, 3.05) is 0 Å². The van der Waals surface area contributed by atoms with E-state index in [0.717, 1.165) is 11.3 Å². The van der Waals surface area contributed by atoms with Crippen molar-refractivity contribution in [3.05, 3.63) is 65.2 Å². The summed E-state index contributed by atoms with van der Waals surface area (Å²) in [5, 5.41) is 0. The molecule has 98 valence electrons. The highest BCUT2D eigenvalue weighted by Crippen LogP contribution is 2.14. The van der Waals surface area contributed by atoms with Gasteiger partial charge in [-0.25, -0.2) is 5.84 Å². The fourth-order valence-corrected chi connectivity index (χ4v) is 1.64. The molecule has 2 aromatic rings. The molecule has 0 spiro atoms. The number of carbonyl (C=O) groups excluding carboxylic acids is 1. The molecular formula is C15H16N2O2. The lowest BCUT2D eigenvalue weighted by Gasteiger charge is -2.07. The molecular weight excluding hydrogens is 240 g/mol. The lowest BCUT2D eigenvalue weighted by atomic mass is 10.1. The van der Waals surface area contributed by atoms with E-state index in [4.69, 9.17) is 10.6 Å². The van der Waals surface area contributed by atoms with E-state index < -0.39 is 0 Å². The first-order chi connectivity index (χ1) is 9.19. The molecule has 2 aromatic carbocycles. The molecule has 0 aliphatic carbocycles. The topological polar surface area (TPSA) is 64.3 Å². The van der Waals surface area contributed by atoms with Gasteiger partial charge in [-0.05, 0) is 36.8 Å². The molecule has 0 aliphatic heterocycles. The van der Waals surface area contributed by atoms with Gasteiger partial charge in [0.1, 0.15) is 12.4 Å². The first-order valence-electron chi connectivity index (χ1n) is 5.98. The summed E-state index contributed by atoms with van der Waals surface area (Å²) in [7, 11) is 0. The van der Waals surface area contributed by atoms with Gasteiger partial charge in [-0.2, -0.15) is 0 Å². The summed E-state index contributed by atoms with van der Waals surface area (Å²) in [5.41, 5.74) is 4.82. The molecule has 0 aromatic heterocycles. The fourth-order valence-electron chi connectivity index (χ4n) is 1.64. The van der Waals surface area contributed by atoms with Crippen molar-refractivity contribution in [1.29, 1.82) is 0 Å². The van der Waals surface area contributed by atoms with E-state index in [1.807, 2.05) is 43.3 Å². The zero-order valence-electron chi connectivity index (χ0n) is 10.7. The maximum absolute atomic E-state index is 11.3. The van der Waals surface area contributed by atoms with E-state index in [-0.39, 0.29) is 5.91 Å². The Morgan fingerprint density at radius 2 is 1.74 bits per heavy atom. The minimum atomic E-state index is -0.300. The largest absolute Gasteiger partial charge is 0.489 e. The minimum absolute atomic E-state index is 0.300. The molecule has 0 aliphatic rings. The third kappa shape index (κ3) is 3.56. The number of carbonyl (C=O) groups is 1. The van der Waals surface area contributed by atoms with Crippen LogP contribution in [0, 0.1) is 6.92 Å². The number of hydrogen-bond acceptors (Lipinski definition) is 3. The highest BCUT2D eigenvalue weighted by molar-refractivity contribution is 5.93. The average Bonchev–Trinajstić information content (AvgIpc) is 2.46. The Bertz CT molecular complexity index is 547. The van der Waals surface area contributed by atoms with Crippen molar-refractivity contribution in [2.45, 2.75) is 13.5 Å². The van der Waals surface area contributed by atoms with Gasteiger partial charge in [-0.3, -0.25) is 10.2 Å². The van der Waals surface area contributed by atoms with E-state index >= 15 is 0 Å². The first kappa shape index (κ1) is 13.1. The normalized spacial score (nSPS) is 10.0. The van der Waals surface area contributed by atoms with Crippen LogP contribution in [0.15, 0.2) is 48.5 Å². The molecule has 0 bridgehead atoms. The maximum atomic E-state index is 11.3. The predicted molar refractivity (Wildman–Crippen MR) is 73.6 cm³/mol. The number of benzene rings is 2. The van der Waals surface area contributed by atoms with Gasteiger partial charge in [0.2, 0.25) is 0 Å². The Kier molecular flexibility index (Phi) is 4.15. The van der Waals surface area contributed by atoms with Gasteiger partial charge in [-0.15, -0.1) is 0 Å². The van der Waals surface area contributed by atoms with E-state index in [1.165, 1.54) is 5.56 Å². The molecule has 19 heavy (non-hydrogen) atoms. The third-order valence-corrected chi connectivity index (χ3v) is 2.77. The zero-order chi connectivity index (χ0) is 13.7. The molecule has 0 saturated carbocycles. The molecule has 1 amide bonds. The fraction of sp³-hybridized carbons (Fsp3) is 0.133. The van der Waals surface area contributed by atoms with Crippen molar-refractivity contribution in [3.63, 3.8) is 0 Å². The Labute approximate surface area is 112 Å². The van der Waals surface area contributed by atoms with Crippen LogP contribution in [-0.2, 0) is 6.61 Å². The number of hydrazine groups is 1. The van der Waals surface area contributed by atoms with Crippen molar-refractivity contribution < 1.29 is 9.53 Å². The first-order valence-corrected chi connectivity index (χ1v) is 5.98. The van der Waals surface area contributed by atoms with Crippen LogP contribution in [0.5, 0.6) is 5.75 Å². The van der Waals surface area contributed by atoms with Gasteiger partial charge in [0.05, 0.1) is 0 Å². The second-order valence-corrected chi connectivity index (χ2v) is 4.27. The summed E-state index contributed by atoms with van der Waals surface area (Å²) >= 11 is 0. The lowest BCUT2D eigenvalue weighted by Crippen LogP contribution is -2.29. The van der Waals surface area contributed by atoms with E-state index in [0.29, 0.717) is 12.2 Å². The molecule has 0 heterocycles. The quantitative estimate of drug-likeness (QED) is 0.500. The van der Waals surface area contributed by atoms with Gasteiger partial charge in [-0.1, -0.05) is 29.8 Å². The van der Waals surface area contributed by atoms with E-state index in [1.54, 1.807) is 12.1 Å². The van der Waals surface area contributed by atoms with Crippen LogP contribution in [-0.4, -0.2) is 5.91 Å². The molecule has 0 unspecified atom stereocenters. The highest BCUT2D eigenvalue weighted by atomic mass is 16.5. The smallest absolute Gasteiger partial charge is 0.265 e. The second kappa shape index (κ2) is 6.02. The zero-order valence-corrected chi connectivity index (χ0v) is 10.7. The van der Waals surface area contributed by atoms with Gasteiger partial charge in [0.15, 0.2) is 0 Å². The number of ether oxygens (including phenoxy) is 1. The molecule has 2 rings (SSSR count). The number of rotatable bonds is 4. The van der Waals surface area contributed by atoms with Crippen molar-refractivity contribution in [2.24, 2.45) is 5.84 Å². The van der Waals surface area contributed by atoms with Crippen LogP contribution in [0.4, 0.5) is 0 Å². The standard InChI is InChI=1S/C15H16N2O2/c1-11-2-8-14(9-3-11)19-10-12-4-6-13(7-5-12)15(18)17-16/h2-9H,10,16H2,1H3,(H,17,18). The van der Waals surface area contributed by atoms with Crippen LogP contribution in [0.3, 0.4) is 0 Å². The number of nitrogens with one attached hydrogen (secondary N) is 1.